The van der Waals surface area contributed by atoms with Crippen molar-refractivity contribution < 1.29 is 24.4 Å². The van der Waals surface area contributed by atoms with Gasteiger partial charge in [0.1, 0.15) is 0 Å². The summed E-state index contributed by atoms with van der Waals surface area (Å²) >= 11 is 0. The van der Waals surface area contributed by atoms with Crippen molar-refractivity contribution in [3.8, 4) is 0 Å². The van der Waals surface area contributed by atoms with Crippen molar-refractivity contribution in [1.29, 1.82) is 0 Å². The lowest BCUT2D eigenvalue weighted by Gasteiger charge is -2.59. The highest BCUT2D eigenvalue weighted by Gasteiger charge is 2.69. The number of fused-ring (bicyclic) bond motifs is 2. The van der Waals surface area contributed by atoms with Gasteiger partial charge in [-0.1, -0.05) is 13.8 Å². The predicted molar refractivity (Wildman–Crippen MR) is 69.0 cm³/mol. The second kappa shape index (κ2) is 4.17. The zero-order valence-electron chi connectivity index (χ0n) is 12.4. The minimum absolute atomic E-state index is 0.0379. The summed E-state index contributed by atoms with van der Waals surface area (Å²) in [5, 5.41) is 10.2. The lowest BCUT2D eigenvalue weighted by molar-refractivity contribution is -0.576. The molecule has 4 heterocycles. The van der Waals surface area contributed by atoms with Gasteiger partial charge in [-0.2, -0.15) is 0 Å². The minimum Gasteiger partial charge on any atom is -0.368 e. The zero-order valence-corrected chi connectivity index (χ0v) is 12.4. The molecule has 114 valence electrons. The van der Waals surface area contributed by atoms with Crippen LogP contribution >= 0.6 is 0 Å². The zero-order chi connectivity index (χ0) is 14.1. The molecule has 0 amide bonds. The second-order valence-electron chi connectivity index (χ2n) is 7.30. The molecule has 2 unspecified atom stereocenters. The summed E-state index contributed by atoms with van der Waals surface area (Å²) in [6, 6.07) is 0. The number of ether oxygens (including phenoxy) is 2. The first-order valence-corrected chi connectivity index (χ1v) is 7.84. The van der Waals surface area contributed by atoms with Gasteiger partial charge in [-0.15, -0.1) is 0 Å². The van der Waals surface area contributed by atoms with Gasteiger partial charge in [-0.25, -0.2) is 9.78 Å². The van der Waals surface area contributed by atoms with Crippen molar-refractivity contribution in [3.63, 3.8) is 0 Å². The minimum atomic E-state index is -0.781. The highest BCUT2D eigenvalue weighted by atomic mass is 17.3. The van der Waals surface area contributed by atoms with Crippen molar-refractivity contribution in [2.45, 2.75) is 70.4 Å². The third-order valence-corrected chi connectivity index (χ3v) is 6.12. The summed E-state index contributed by atoms with van der Waals surface area (Å²) in [6.07, 6.45) is 2.72. The Morgan fingerprint density at radius 3 is 2.65 bits per heavy atom. The van der Waals surface area contributed by atoms with E-state index in [1.54, 1.807) is 0 Å². The molecule has 1 aliphatic carbocycles. The fourth-order valence-corrected chi connectivity index (χ4v) is 4.89. The molecule has 5 nitrogen and oxygen atoms in total. The predicted octanol–water partition coefficient (Wildman–Crippen LogP) is 2.19. The molecule has 1 saturated carbocycles. The monoisotopic (exact) mass is 284 g/mol. The van der Waals surface area contributed by atoms with E-state index < -0.39 is 24.0 Å². The lowest BCUT2D eigenvalue weighted by Crippen LogP contribution is -2.70. The van der Waals surface area contributed by atoms with E-state index in [0.29, 0.717) is 11.8 Å². The lowest BCUT2D eigenvalue weighted by atomic mass is 9.58. The van der Waals surface area contributed by atoms with Crippen LogP contribution in [-0.2, 0) is 19.2 Å². The Kier molecular flexibility index (Phi) is 2.81. The van der Waals surface area contributed by atoms with Crippen molar-refractivity contribution in [3.05, 3.63) is 0 Å². The molecule has 5 aliphatic rings. The quantitative estimate of drug-likeness (QED) is 0.691. The largest absolute Gasteiger partial charge is 0.368 e. The van der Waals surface area contributed by atoms with Crippen LogP contribution in [0.25, 0.3) is 0 Å². The first kappa shape index (κ1) is 13.5. The maximum absolute atomic E-state index is 10.2. The fourth-order valence-electron chi connectivity index (χ4n) is 4.89. The summed E-state index contributed by atoms with van der Waals surface area (Å²) < 4.78 is 11.9. The Labute approximate surface area is 119 Å². The van der Waals surface area contributed by atoms with Gasteiger partial charge in [0.2, 0.25) is 5.79 Å². The first-order valence-electron chi connectivity index (χ1n) is 7.84. The first-order chi connectivity index (χ1) is 9.46. The molecule has 0 radical (unpaired) electrons. The van der Waals surface area contributed by atoms with Crippen LogP contribution in [0.2, 0.25) is 0 Å². The van der Waals surface area contributed by atoms with Crippen LogP contribution in [-0.4, -0.2) is 29.1 Å². The summed E-state index contributed by atoms with van der Waals surface area (Å²) in [4.78, 5) is 11.6. The molecular weight excluding hydrogens is 260 g/mol. The van der Waals surface area contributed by atoms with Crippen molar-refractivity contribution in [2.24, 2.45) is 23.7 Å². The molecular formula is C15H24O5. The SMILES string of the molecule is C[C@@H]1CCC2[C@@H](C)[C@@H](O)O[C@@H]3O[C@]4(C)CC[C@@H]1C23OO4. The van der Waals surface area contributed by atoms with Gasteiger partial charge in [0, 0.05) is 18.3 Å². The standard InChI is InChI=1S/C15H24O5/c1-8-4-5-11-9(2)12(16)17-13-15(11)10(8)6-7-14(3,18-13)19-20-15/h8-13,16H,4-7H2,1-3H3/t8-,9-,10+,11?,12+,13-,14+,15?/m1/s1. The molecule has 5 rings (SSSR count). The summed E-state index contributed by atoms with van der Waals surface area (Å²) in [7, 11) is 0. The van der Waals surface area contributed by atoms with Gasteiger partial charge in [0.25, 0.3) is 0 Å². The molecule has 1 N–H and O–H groups in total. The highest BCUT2D eigenvalue weighted by Crippen LogP contribution is 2.60. The molecule has 4 saturated heterocycles. The van der Waals surface area contributed by atoms with E-state index in [9.17, 15) is 5.11 Å². The normalized spacial score (nSPS) is 61.8. The van der Waals surface area contributed by atoms with Crippen molar-refractivity contribution in [1.82, 2.24) is 0 Å². The van der Waals surface area contributed by atoms with Crippen LogP contribution in [0, 0.1) is 23.7 Å². The molecule has 1 spiro atoms. The Hall–Kier alpha value is -0.200. The Balaban J connectivity index is 1.82. The van der Waals surface area contributed by atoms with Gasteiger partial charge in [-0.3, -0.25) is 0 Å². The number of rotatable bonds is 0. The molecule has 0 aromatic heterocycles. The average Bonchev–Trinajstić information content (AvgIpc) is 2.63. The second-order valence-corrected chi connectivity index (χ2v) is 7.30. The van der Waals surface area contributed by atoms with Crippen LogP contribution < -0.4 is 0 Å². The highest BCUT2D eigenvalue weighted by molar-refractivity contribution is 5.08. The smallest absolute Gasteiger partial charge is 0.201 e. The van der Waals surface area contributed by atoms with Gasteiger partial charge >= 0.3 is 0 Å². The number of hydrogen-bond acceptors (Lipinski definition) is 5. The Morgan fingerprint density at radius 1 is 1.05 bits per heavy atom. The topological polar surface area (TPSA) is 57.2 Å². The number of aliphatic hydroxyl groups is 1. The third-order valence-electron chi connectivity index (χ3n) is 6.12. The molecule has 0 aromatic rings. The van der Waals surface area contributed by atoms with Crippen LogP contribution in [0.1, 0.15) is 46.5 Å². The van der Waals surface area contributed by atoms with E-state index in [1.807, 2.05) is 13.8 Å². The maximum atomic E-state index is 10.2. The van der Waals surface area contributed by atoms with Crippen molar-refractivity contribution in [2.75, 3.05) is 0 Å². The van der Waals surface area contributed by atoms with E-state index in [0.717, 1.165) is 19.3 Å². The van der Waals surface area contributed by atoms with Gasteiger partial charge in [0.15, 0.2) is 18.2 Å². The van der Waals surface area contributed by atoms with E-state index in [2.05, 4.69) is 6.92 Å². The Bertz CT molecular complexity index is 411. The van der Waals surface area contributed by atoms with E-state index >= 15 is 0 Å². The summed E-state index contributed by atoms with van der Waals surface area (Å²) in [5.74, 6) is 0.437. The molecule has 8 atom stereocenters. The average molecular weight is 284 g/mol. The fraction of sp³-hybridized carbons (Fsp3) is 1.00. The van der Waals surface area contributed by atoms with E-state index in [1.165, 1.54) is 6.42 Å². The van der Waals surface area contributed by atoms with Crippen LogP contribution in [0.3, 0.4) is 0 Å². The maximum Gasteiger partial charge on any atom is 0.201 e. The van der Waals surface area contributed by atoms with Crippen LogP contribution in [0.15, 0.2) is 0 Å². The molecule has 2 bridgehead atoms. The summed E-state index contributed by atoms with van der Waals surface area (Å²) in [5.41, 5.74) is -0.549. The summed E-state index contributed by atoms with van der Waals surface area (Å²) in [6.45, 7) is 6.22. The van der Waals surface area contributed by atoms with Crippen LogP contribution in [0.4, 0.5) is 0 Å². The van der Waals surface area contributed by atoms with Gasteiger partial charge < -0.3 is 14.6 Å². The number of aliphatic hydroxyl groups excluding tert-OH is 1. The molecule has 0 aromatic carbocycles. The molecule has 5 fully saturated rings. The van der Waals surface area contributed by atoms with Crippen LogP contribution in [0.5, 0.6) is 0 Å². The van der Waals surface area contributed by atoms with Gasteiger partial charge in [0.05, 0.1) is 0 Å². The van der Waals surface area contributed by atoms with E-state index in [4.69, 9.17) is 19.2 Å². The third kappa shape index (κ3) is 1.56. The molecule has 20 heavy (non-hydrogen) atoms. The molecule has 5 heteroatoms. The van der Waals surface area contributed by atoms with E-state index in [-0.39, 0.29) is 11.8 Å². The number of hydrogen-bond donors (Lipinski definition) is 1. The molecule has 4 aliphatic heterocycles. The van der Waals surface area contributed by atoms with Gasteiger partial charge in [-0.05, 0) is 38.0 Å². The van der Waals surface area contributed by atoms with Crippen molar-refractivity contribution >= 4 is 0 Å². The Morgan fingerprint density at radius 2 is 1.85 bits per heavy atom.